The first-order valence-electron chi connectivity index (χ1n) is 5.48. The topological polar surface area (TPSA) is 55.8 Å². The van der Waals surface area contributed by atoms with Gasteiger partial charge in [0.2, 0.25) is 0 Å². The number of hydrogen-bond donors (Lipinski definition) is 0. The molecule has 0 saturated heterocycles. The van der Waals surface area contributed by atoms with Crippen LogP contribution in [-0.2, 0) is 14.3 Å². The number of carbonyl (C=O) groups is 2. The maximum Gasteiger partial charge on any atom is 0.414 e. The highest BCUT2D eigenvalue weighted by Gasteiger charge is 2.17. The molecule has 0 unspecified atom stereocenters. The van der Waals surface area contributed by atoms with Crippen molar-refractivity contribution in [2.45, 2.75) is 27.7 Å². The summed E-state index contributed by atoms with van der Waals surface area (Å²) in [5.74, 6) is -0.652. The van der Waals surface area contributed by atoms with E-state index < -0.39 is 12.1 Å². The molecule has 0 atom stereocenters. The van der Waals surface area contributed by atoms with Crippen molar-refractivity contribution in [1.29, 1.82) is 0 Å². The maximum absolute atomic E-state index is 11.6. The SMILES string of the molecule is CCOC(=O)/C(Cl)=C(\C)OC(=O)N(CC)CC. The van der Waals surface area contributed by atoms with Crippen molar-refractivity contribution in [3.05, 3.63) is 10.8 Å². The van der Waals surface area contributed by atoms with Gasteiger partial charge in [-0.2, -0.15) is 0 Å². The molecular weight excluding hydrogens is 246 g/mol. The van der Waals surface area contributed by atoms with Crippen molar-refractivity contribution in [3.63, 3.8) is 0 Å². The molecule has 0 aliphatic rings. The molecule has 6 heteroatoms. The summed E-state index contributed by atoms with van der Waals surface area (Å²) in [6.45, 7) is 8.04. The fourth-order valence-corrected chi connectivity index (χ4v) is 1.15. The molecule has 0 aliphatic heterocycles. The molecule has 0 aromatic rings. The summed E-state index contributed by atoms with van der Waals surface area (Å²) in [5.41, 5.74) is 0. The highest BCUT2D eigenvalue weighted by molar-refractivity contribution is 6.41. The monoisotopic (exact) mass is 263 g/mol. The molecule has 0 radical (unpaired) electrons. The van der Waals surface area contributed by atoms with Gasteiger partial charge in [0.15, 0.2) is 5.03 Å². The Hall–Kier alpha value is -1.23. The van der Waals surface area contributed by atoms with E-state index in [1.165, 1.54) is 11.8 Å². The van der Waals surface area contributed by atoms with Gasteiger partial charge in [-0.25, -0.2) is 9.59 Å². The molecular formula is C11H18ClNO4. The van der Waals surface area contributed by atoms with Crippen molar-refractivity contribution in [2.75, 3.05) is 19.7 Å². The molecule has 0 aliphatic carbocycles. The number of carbonyl (C=O) groups excluding carboxylic acids is 2. The lowest BCUT2D eigenvalue weighted by atomic mass is 10.4. The molecule has 1 amide bonds. The minimum Gasteiger partial charge on any atom is -0.462 e. The van der Waals surface area contributed by atoms with Crippen LogP contribution in [-0.4, -0.2) is 36.7 Å². The van der Waals surface area contributed by atoms with E-state index in [-0.39, 0.29) is 17.4 Å². The smallest absolute Gasteiger partial charge is 0.414 e. The van der Waals surface area contributed by atoms with Gasteiger partial charge in [-0.3, -0.25) is 0 Å². The molecule has 0 aromatic heterocycles. The van der Waals surface area contributed by atoms with Crippen LogP contribution in [0.2, 0.25) is 0 Å². The summed E-state index contributed by atoms with van der Waals surface area (Å²) in [6, 6.07) is 0. The summed E-state index contributed by atoms with van der Waals surface area (Å²) in [4.78, 5) is 24.3. The van der Waals surface area contributed by atoms with Crippen LogP contribution in [0.15, 0.2) is 10.8 Å². The predicted molar refractivity (Wildman–Crippen MR) is 64.6 cm³/mol. The van der Waals surface area contributed by atoms with E-state index in [4.69, 9.17) is 16.3 Å². The van der Waals surface area contributed by atoms with Gasteiger partial charge in [0.05, 0.1) is 6.61 Å². The maximum atomic E-state index is 11.6. The second kappa shape index (κ2) is 7.95. The number of amides is 1. The van der Waals surface area contributed by atoms with Crippen molar-refractivity contribution in [3.8, 4) is 0 Å². The summed E-state index contributed by atoms with van der Waals surface area (Å²) >= 11 is 5.71. The number of rotatable bonds is 5. The Morgan fingerprint density at radius 2 is 1.71 bits per heavy atom. The number of halogens is 1. The number of allylic oxidation sites excluding steroid dienone is 1. The highest BCUT2D eigenvalue weighted by atomic mass is 35.5. The lowest BCUT2D eigenvalue weighted by Crippen LogP contribution is -2.31. The van der Waals surface area contributed by atoms with Crippen LogP contribution in [0.1, 0.15) is 27.7 Å². The molecule has 5 nitrogen and oxygen atoms in total. The normalized spacial score (nSPS) is 11.6. The van der Waals surface area contributed by atoms with Gasteiger partial charge in [0, 0.05) is 13.1 Å². The van der Waals surface area contributed by atoms with Gasteiger partial charge in [-0.15, -0.1) is 0 Å². The molecule has 17 heavy (non-hydrogen) atoms. The average Bonchev–Trinajstić information content (AvgIpc) is 2.29. The number of nitrogens with zero attached hydrogens (tertiary/aromatic N) is 1. The third-order valence-corrected chi connectivity index (χ3v) is 2.45. The molecule has 0 fully saturated rings. The lowest BCUT2D eigenvalue weighted by molar-refractivity contribution is -0.137. The third kappa shape index (κ3) is 5.08. The molecule has 0 rings (SSSR count). The van der Waals surface area contributed by atoms with Gasteiger partial charge in [-0.1, -0.05) is 11.6 Å². The first-order valence-corrected chi connectivity index (χ1v) is 5.85. The van der Waals surface area contributed by atoms with E-state index in [0.29, 0.717) is 13.1 Å². The summed E-state index contributed by atoms with van der Waals surface area (Å²) < 4.78 is 9.64. The van der Waals surface area contributed by atoms with Gasteiger partial charge >= 0.3 is 12.1 Å². The van der Waals surface area contributed by atoms with Crippen LogP contribution in [0, 0.1) is 0 Å². The second-order valence-electron chi connectivity index (χ2n) is 3.13. The Balaban J connectivity index is 4.60. The molecule has 98 valence electrons. The standard InChI is InChI=1S/C11H18ClNO4/c1-5-13(6-2)11(15)17-8(4)9(12)10(14)16-7-3/h5-7H2,1-4H3/b9-8-. The molecule has 0 heterocycles. The van der Waals surface area contributed by atoms with Crippen molar-refractivity contribution >= 4 is 23.7 Å². The second-order valence-corrected chi connectivity index (χ2v) is 3.51. The zero-order chi connectivity index (χ0) is 13.4. The molecule has 0 aromatic carbocycles. The molecule has 0 spiro atoms. The zero-order valence-corrected chi connectivity index (χ0v) is 11.3. The summed E-state index contributed by atoms with van der Waals surface area (Å²) in [7, 11) is 0. The van der Waals surface area contributed by atoms with E-state index in [1.54, 1.807) is 6.92 Å². The van der Waals surface area contributed by atoms with Crippen molar-refractivity contribution in [2.24, 2.45) is 0 Å². The Morgan fingerprint density at radius 3 is 2.12 bits per heavy atom. The van der Waals surface area contributed by atoms with Crippen LogP contribution in [0.25, 0.3) is 0 Å². The van der Waals surface area contributed by atoms with Crippen molar-refractivity contribution in [1.82, 2.24) is 4.90 Å². The van der Waals surface area contributed by atoms with Crippen LogP contribution in [0.3, 0.4) is 0 Å². The number of hydrogen-bond acceptors (Lipinski definition) is 4. The van der Waals surface area contributed by atoms with E-state index in [0.717, 1.165) is 0 Å². The van der Waals surface area contributed by atoms with Crippen LogP contribution < -0.4 is 0 Å². The van der Waals surface area contributed by atoms with Gasteiger partial charge in [0.1, 0.15) is 5.76 Å². The average molecular weight is 264 g/mol. The molecule has 0 saturated carbocycles. The van der Waals surface area contributed by atoms with E-state index >= 15 is 0 Å². The highest BCUT2D eigenvalue weighted by Crippen LogP contribution is 2.13. The first-order chi connectivity index (χ1) is 7.97. The summed E-state index contributed by atoms with van der Waals surface area (Å²) in [5, 5.41) is -0.215. The fourth-order valence-electron chi connectivity index (χ4n) is 1.06. The Kier molecular flexibility index (Phi) is 7.37. The fraction of sp³-hybridized carbons (Fsp3) is 0.636. The Bertz CT molecular complexity index is 311. The lowest BCUT2D eigenvalue weighted by Gasteiger charge is -2.18. The molecule has 0 bridgehead atoms. The Labute approximate surface area is 106 Å². The van der Waals surface area contributed by atoms with E-state index in [1.807, 2.05) is 13.8 Å². The van der Waals surface area contributed by atoms with Gasteiger partial charge in [-0.05, 0) is 27.7 Å². The number of ether oxygens (including phenoxy) is 2. The first kappa shape index (κ1) is 15.8. The van der Waals surface area contributed by atoms with Crippen molar-refractivity contribution < 1.29 is 19.1 Å². The van der Waals surface area contributed by atoms with E-state index in [2.05, 4.69) is 4.74 Å². The zero-order valence-electron chi connectivity index (χ0n) is 10.6. The van der Waals surface area contributed by atoms with Gasteiger partial charge < -0.3 is 14.4 Å². The Morgan fingerprint density at radius 1 is 1.18 bits per heavy atom. The van der Waals surface area contributed by atoms with E-state index in [9.17, 15) is 9.59 Å². The quantitative estimate of drug-likeness (QED) is 0.434. The van der Waals surface area contributed by atoms with Gasteiger partial charge in [0.25, 0.3) is 0 Å². The summed E-state index contributed by atoms with van der Waals surface area (Å²) in [6.07, 6.45) is -0.532. The van der Waals surface area contributed by atoms with Crippen LogP contribution >= 0.6 is 11.6 Å². The largest absolute Gasteiger partial charge is 0.462 e. The predicted octanol–water partition coefficient (Wildman–Crippen LogP) is 2.50. The van der Waals surface area contributed by atoms with Crippen LogP contribution in [0.5, 0.6) is 0 Å². The minimum atomic E-state index is -0.695. The number of esters is 1. The van der Waals surface area contributed by atoms with Crippen LogP contribution in [0.4, 0.5) is 4.79 Å². The molecule has 0 N–H and O–H groups in total. The third-order valence-electron chi connectivity index (χ3n) is 2.03. The minimum absolute atomic E-state index is 0.0435.